The van der Waals surface area contributed by atoms with E-state index in [-0.39, 0.29) is 28.6 Å². The number of carbonyl (C=O) groups is 2. The highest BCUT2D eigenvalue weighted by molar-refractivity contribution is 7.92. The molecule has 0 saturated carbocycles. The van der Waals surface area contributed by atoms with Crippen molar-refractivity contribution in [3.05, 3.63) is 59.4 Å². The van der Waals surface area contributed by atoms with Gasteiger partial charge in [0.05, 0.1) is 11.4 Å². The largest absolute Gasteiger partial charge is 0.350 e. The lowest BCUT2D eigenvalue weighted by molar-refractivity contribution is -0.121. The first-order valence-electron chi connectivity index (χ1n) is 8.86. The Morgan fingerprint density at radius 3 is 2.38 bits per heavy atom. The highest BCUT2D eigenvalue weighted by Crippen LogP contribution is 2.19. The third-order valence-electron chi connectivity index (χ3n) is 3.75. The van der Waals surface area contributed by atoms with Crippen molar-refractivity contribution >= 4 is 27.5 Å². The van der Waals surface area contributed by atoms with Gasteiger partial charge in [-0.2, -0.15) is 0 Å². The van der Waals surface area contributed by atoms with E-state index in [9.17, 15) is 22.4 Å². The second-order valence-corrected chi connectivity index (χ2v) is 9.26. The summed E-state index contributed by atoms with van der Waals surface area (Å²) in [6, 6.07) is 9.38. The Bertz CT molecular complexity index is 1030. The molecule has 3 N–H and O–H groups in total. The predicted molar refractivity (Wildman–Crippen MR) is 109 cm³/mol. The second kappa shape index (κ2) is 8.60. The van der Waals surface area contributed by atoms with E-state index in [1.54, 1.807) is 0 Å². The summed E-state index contributed by atoms with van der Waals surface area (Å²) >= 11 is 0. The third-order valence-corrected chi connectivity index (χ3v) is 5.13. The molecule has 2 aromatic carbocycles. The maximum Gasteiger partial charge on any atom is 0.261 e. The van der Waals surface area contributed by atoms with Crippen LogP contribution in [0.2, 0.25) is 0 Å². The van der Waals surface area contributed by atoms with Crippen molar-refractivity contribution in [3.63, 3.8) is 0 Å². The molecule has 9 heteroatoms. The lowest BCUT2D eigenvalue weighted by Crippen LogP contribution is -2.45. The third kappa shape index (κ3) is 6.56. The topological polar surface area (TPSA) is 104 Å². The molecule has 7 nitrogen and oxygen atoms in total. The van der Waals surface area contributed by atoms with Gasteiger partial charge < -0.3 is 10.6 Å². The monoisotopic (exact) mass is 421 g/mol. The lowest BCUT2D eigenvalue weighted by Gasteiger charge is -2.20. The van der Waals surface area contributed by atoms with Crippen LogP contribution in [0.4, 0.5) is 10.1 Å². The molecule has 0 heterocycles. The number of benzene rings is 2. The van der Waals surface area contributed by atoms with Crippen molar-refractivity contribution in [2.45, 2.75) is 38.1 Å². The van der Waals surface area contributed by atoms with Gasteiger partial charge in [-0.15, -0.1) is 0 Å². The van der Waals surface area contributed by atoms with E-state index in [1.807, 2.05) is 20.8 Å². The Balaban J connectivity index is 2.09. The van der Waals surface area contributed by atoms with Crippen LogP contribution in [0.1, 0.15) is 36.7 Å². The van der Waals surface area contributed by atoms with Crippen LogP contribution in [0.15, 0.2) is 47.4 Å². The van der Waals surface area contributed by atoms with Crippen molar-refractivity contribution in [1.29, 1.82) is 0 Å². The SMILES string of the molecule is Cc1ccc(S(=O)(=O)Nc2cccc(C(=O)NCC(=O)NC(C)(C)C)c2)cc1F. The summed E-state index contributed by atoms with van der Waals surface area (Å²) in [7, 11) is -4.03. The number of nitrogens with one attached hydrogen (secondary N) is 3. The molecule has 0 saturated heterocycles. The number of aryl methyl sites for hydroxylation is 1. The molecular weight excluding hydrogens is 397 g/mol. The highest BCUT2D eigenvalue weighted by Gasteiger charge is 2.18. The molecule has 0 radical (unpaired) electrons. The fourth-order valence-electron chi connectivity index (χ4n) is 2.40. The zero-order chi connectivity index (χ0) is 21.8. The lowest BCUT2D eigenvalue weighted by atomic mass is 10.1. The first-order valence-corrected chi connectivity index (χ1v) is 10.3. The molecule has 29 heavy (non-hydrogen) atoms. The van der Waals surface area contributed by atoms with Gasteiger partial charge in [0, 0.05) is 16.8 Å². The number of amides is 2. The van der Waals surface area contributed by atoms with E-state index in [4.69, 9.17) is 0 Å². The van der Waals surface area contributed by atoms with Crippen LogP contribution in [0.5, 0.6) is 0 Å². The van der Waals surface area contributed by atoms with Crippen molar-refractivity contribution in [2.75, 3.05) is 11.3 Å². The first-order chi connectivity index (χ1) is 13.4. The maximum atomic E-state index is 13.7. The Labute approximate surface area is 169 Å². The summed E-state index contributed by atoms with van der Waals surface area (Å²) in [4.78, 5) is 23.8. The standard InChI is InChI=1S/C20H24FN3O4S/c1-13-8-9-16(11-17(13)21)29(27,28)24-15-7-5-6-14(10-15)19(26)22-12-18(25)23-20(2,3)4/h5-11,24H,12H2,1-4H3,(H,22,26)(H,23,25). The average Bonchev–Trinajstić information content (AvgIpc) is 2.60. The Hall–Kier alpha value is -2.94. The summed E-state index contributed by atoms with van der Waals surface area (Å²) in [6.45, 7) is 6.78. The number of carbonyl (C=O) groups excluding carboxylic acids is 2. The van der Waals surface area contributed by atoms with E-state index in [0.29, 0.717) is 5.56 Å². The first kappa shape index (κ1) is 22.4. The molecule has 0 bridgehead atoms. The molecule has 0 fully saturated rings. The number of anilines is 1. The molecule has 0 unspecified atom stereocenters. The van der Waals surface area contributed by atoms with Crippen LogP contribution in [-0.2, 0) is 14.8 Å². The average molecular weight is 421 g/mol. The summed E-state index contributed by atoms with van der Waals surface area (Å²) in [5, 5.41) is 5.20. The number of hydrogen-bond donors (Lipinski definition) is 3. The molecule has 0 aliphatic heterocycles. The highest BCUT2D eigenvalue weighted by atomic mass is 32.2. The van der Waals surface area contributed by atoms with E-state index >= 15 is 0 Å². The predicted octanol–water partition coefficient (Wildman–Crippen LogP) is 2.58. The molecule has 2 amide bonds. The van der Waals surface area contributed by atoms with E-state index in [2.05, 4.69) is 15.4 Å². The Kier molecular flexibility index (Phi) is 6.63. The maximum absolute atomic E-state index is 13.7. The van der Waals surface area contributed by atoms with Gasteiger partial charge in [0.15, 0.2) is 0 Å². The van der Waals surface area contributed by atoms with Gasteiger partial charge in [0.2, 0.25) is 5.91 Å². The van der Waals surface area contributed by atoms with Crippen molar-refractivity contribution in [2.24, 2.45) is 0 Å². The summed E-state index contributed by atoms with van der Waals surface area (Å²) in [6.07, 6.45) is 0. The number of halogens is 1. The molecule has 2 rings (SSSR count). The minimum absolute atomic E-state index is 0.137. The smallest absolute Gasteiger partial charge is 0.261 e. The molecule has 0 aliphatic carbocycles. The van der Waals surface area contributed by atoms with E-state index in [0.717, 1.165) is 6.07 Å². The Morgan fingerprint density at radius 1 is 1.07 bits per heavy atom. The quantitative estimate of drug-likeness (QED) is 0.667. The van der Waals surface area contributed by atoms with Gasteiger partial charge in [0.1, 0.15) is 5.82 Å². The van der Waals surface area contributed by atoms with Crippen LogP contribution in [0.25, 0.3) is 0 Å². The number of sulfonamides is 1. The number of hydrogen-bond acceptors (Lipinski definition) is 4. The van der Waals surface area contributed by atoms with Gasteiger partial charge in [-0.25, -0.2) is 12.8 Å². The van der Waals surface area contributed by atoms with Gasteiger partial charge in [-0.05, 0) is 63.6 Å². The summed E-state index contributed by atoms with van der Waals surface area (Å²) in [5.41, 5.74) is 0.217. The minimum Gasteiger partial charge on any atom is -0.350 e. The molecule has 156 valence electrons. The van der Waals surface area contributed by atoms with Crippen LogP contribution in [0.3, 0.4) is 0 Å². The van der Waals surface area contributed by atoms with Gasteiger partial charge in [-0.3, -0.25) is 14.3 Å². The van der Waals surface area contributed by atoms with Gasteiger partial charge in [0.25, 0.3) is 15.9 Å². The molecular formula is C20H24FN3O4S. The molecule has 0 spiro atoms. The molecule has 2 aromatic rings. The molecule has 0 atom stereocenters. The van der Waals surface area contributed by atoms with E-state index in [1.165, 1.54) is 43.3 Å². The molecule has 0 aliphatic rings. The van der Waals surface area contributed by atoms with Gasteiger partial charge >= 0.3 is 0 Å². The zero-order valence-electron chi connectivity index (χ0n) is 16.7. The second-order valence-electron chi connectivity index (χ2n) is 7.58. The Morgan fingerprint density at radius 2 is 1.76 bits per heavy atom. The van der Waals surface area contributed by atoms with Crippen LogP contribution < -0.4 is 15.4 Å². The normalized spacial score (nSPS) is 11.6. The van der Waals surface area contributed by atoms with E-state index < -0.39 is 27.3 Å². The van der Waals surface area contributed by atoms with Gasteiger partial charge in [-0.1, -0.05) is 12.1 Å². The van der Waals surface area contributed by atoms with Crippen LogP contribution in [0, 0.1) is 12.7 Å². The fraction of sp³-hybridized carbons (Fsp3) is 0.300. The van der Waals surface area contributed by atoms with Crippen molar-refractivity contribution < 1.29 is 22.4 Å². The molecule has 0 aromatic heterocycles. The zero-order valence-corrected chi connectivity index (χ0v) is 17.5. The fourth-order valence-corrected chi connectivity index (χ4v) is 3.46. The van der Waals surface area contributed by atoms with Crippen LogP contribution >= 0.6 is 0 Å². The van der Waals surface area contributed by atoms with Crippen LogP contribution in [-0.4, -0.2) is 32.3 Å². The number of rotatable bonds is 6. The summed E-state index contributed by atoms with van der Waals surface area (Å²) < 4.78 is 40.9. The van der Waals surface area contributed by atoms with Crippen molar-refractivity contribution in [3.8, 4) is 0 Å². The minimum atomic E-state index is -4.03. The van der Waals surface area contributed by atoms with Crippen molar-refractivity contribution in [1.82, 2.24) is 10.6 Å². The summed E-state index contributed by atoms with van der Waals surface area (Å²) in [5.74, 6) is -1.50.